The molecule has 1 N–H and O–H groups in total. The van der Waals surface area contributed by atoms with Gasteiger partial charge in [-0.05, 0) is 44.5 Å². The minimum Gasteiger partial charge on any atom is -0.316 e. The number of hydrogen-bond donors (Lipinski definition) is 1. The lowest BCUT2D eigenvalue weighted by atomic mass is 10.1. The number of aryl methyl sites for hydroxylation is 1. The smallest absolute Gasteiger partial charge is 0.129 e. The molecule has 3 rings (SSSR count). The van der Waals surface area contributed by atoms with Crippen molar-refractivity contribution >= 4 is 22.9 Å². The van der Waals surface area contributed by atoms with E-state index in [1.165, 1.54) is 17.4 Å². The van der Waals surface area contributed by atoms with Crippen molar-refractivity contribution in [3.63, 3.8) is 0 Å². The van der Waals surface area contributed by atoms with E-state index < -0.39 is 0 Å². The zero-order valence-corrected chi connectivity index (χ0v) is 14.8. The summed E-state index contributed by atoms with van der Waals surface area (Å²) in [6.45, 7) is 6.52. The van der Waals surface area contributed by atoms with E-state index in [0.717, 1.165) is 31.9 Å². The Morgan fingerprint density at radius 3 is 2.96 bits per heavy atom. The van der Waals surface area contributed by atoms with Gasteiger partial charge in [-0.1, -0.05) is 17.7 Å². The van der Waals surface area contributed by atoms with E-state index in [2.05, 4.69) is 15.2 Å². The highest BCUT2D eigenvalue weighted by atomic mass is 35.5. The van der Waals surface area contributed by atoms with Gasteiger partial charge in [-0.15, -0.1) is 11.3 Å². The Balaban J connectivity index is 1.74. The van der Waals surface area contributed by atoms with E-state index in [1.807, 2.05) is 12.4 Å². The first kappa shape index (κ1) is 16.8. The maximum Gasteiger partial charge on any atom is 0.129 e. The summed E-state index contributed by atoms with van der Waals surface area (Å²) < 4.78 is 14.1. The van der Waals surface area contributed by atoms with Gasteiger partial charge < -0.3 is 5.32 Å². The van der Waals surface area contributed by atoms with Crippen molar-refractivity contribution in [3.05, 3.63) is 50.7 Å². The number of rotatable bonds is 6. The van der Waals surface area contributed by atoms with Crippen molar-refractivity contribution in [1.82, 2.24) is 15.2 Å². The molecule has 1 aromatic heterocycles. The Kier molecular flexibility index (Phi) is 5.64. The van der Waals surface area contributed by atoms with E-state index in [0.29, 0.717) is 23.0 Å². The Bertz CT molecular complexity index is 655. The van der Waals surface area contributed by atoms with Gasteiger partial charge in [-0.25, -0.2) is 9.37 Å². The van der Waals surface area contributed by atoms with Crippen molar-refractivity contribution in [2.75, 3.05) is 19.6 Å². The van der Waals surface area contributed by atoms with E-state index in [1.54, 1.807) is 23.5 Å². The molecule has 1 atom stereocenters. The fourth-order valence-corrected chi connectivity index (χ4v) is 3.97. The molecule has 1 aliphatic heterocycles. The molecule has 0 bridgehead atoms. The molecule has 2 aromatic rings. The summed E-state index contributed by atoms with van der Waals surface area (Å²) in [5, 5.41) is 3.84. The number of hydrogen-bond acceptors (Lipinski definition) is 4. The first-order valence-electron chi connectivity index (χ1n) is 7.88. The molecule has 3 nitrogen and oxygen atoms in total. The zero-order chi connectivity index (χ0) is 16.2. The predicted octanol–water partition coefficient (Wildman–Crippen LogP) is 3.86. The first-order valence-corrected chi connectivity index (χ1v) is 9.13. The van der Waals surface area contributed by atoms with Gasteiger partial charge in [0.25, 0.3) is 0 Å². The number of thiazole rings is 1. The van der Waals surface area contributed by atoms with Crippen LogP contribution in [0.4, 0.5) is 4.39 Å². The highest BCUT2D eigenvalue weighted by molar-refractivity contribution is 7.09. The van der Waals surface area contributed by atoms with Gasteiger partial charge in [0.1, 0.15) is 5.82 Å². The third-order valence-corrected chi connectivity index (χ3v) is 5.45. The molecule has 1 aromatic carbocycles. The third kappa shape index (κ3) is 4.51. The van der Waals surface area contributed by atoms with E-state index in [9.17, 15) is 4.39 Å². The second kappa shape index (κ2) is 7.71. The van der Waals surface area contributed by atoms with Crippen LogP contribution >= 0.6 is 22.9 Å². The maximum absolute atomic E-state index is 14.1. The molecule has 2 heterocycles. The summed E-state index contributed by atoms with van der Waals surface area (Å²) >= 11 is 7.53. The standard InChI is InChI=1S/C17H21ClFN3S/c1-12-17(23-11-21-12)10-22(8-13-4-5-20-7-13)9-14-2-3-15(18)6-16(14)19/h2-3,6,11,13,20H,4-5,7-10H2,1H3. The van der Waals surface area contributed by atoms with Crippen LogP contribution in [-0.2, 0) is 13.1 Å². The van der Waals surface area contributed by atoms with Gasteiger partial charge in [0.05, 0.1) is 11.2 Å². The van der Waals surface area contributed by atoms with E-state index >= 15 is 0 Å². The summed E-state index contributed by atoms with van der Waals surface area (Å²) in [7, 11) is 0. The van der Waals surface area contributed by atoms with Gasteiger partial charge in [-0.3, -0.25) is 4.90 Å². The minimum absolute atomic E-state index is 0.229. The molecule has 0 spiro atoms. The van der Waals surface area contributed by atoms with Crippen molar-refractivity contribution < 1.29 is 4.39 Å². The first-order chi connectivity index (χ1) is 11.1. The van der Waals surface area contributed by atoms with Crippen LogP contribution in [-0.4, -0.2) is 29.5 Å². The van der Waals surface area contributed by atoms with Crippen LogP contribution in [0.15, 0.2) is 23.7 Å². The highest BCUT2D eigenvalue weighted by Gasteiger charge is 2.20. The van der Waals surface area contributed by atoms with Gasteiger partial charge in [0.15, 0.2) is 0 Å². The lowest BCUT2D eigenvalue weighted by Gasteiger charge is -2.25. The summed E-state index contributed by atoms with van der Waals surface area (Å²) in [5.41, 5.74) is 3.65. The van der Waals surface area contributed by atoms with Crippen LogP contribution in [0.1, 0.15) is 22.6 Å². The average molecular weight is 354 g/mol. The van der Waals surface area contributed by atoms with Crippen molar-refractivity contribution in [1.29, 1.82) is 0 Å². The molecule has 1 aliphatic rings. The summed E-state index contributed by atoms with van der Waals surface area (Å²) in [6.07, 6.45) is 1.18. The quantitative estimate of drug-likeness (QED) is 0.854. The third-order valence-electron chi connectivity index (χ3n) is 4.30. The Hall–Kier alpha value is -1.01. The predicted molar refractivity (Wildman–Crippen MR) is 93.4 cm³/mol. The topological polar surface area (TPSA) is 28.2 Å². The molecule has 6 heteroatoms. The molecule has 23 heavy (non-hydrogen) atoms. The van der Waals surface area contributed by atoms with Crippen LogP contribution in [0, 0.1) is 18.7 Å². The van der Waals surface area contributed by atoms with Crippen molar-refractivity contribution in [2.24, 2.45) is 5.92 Å². The summed E-state index contributed by atoms with van der Waals surface area (Å²) in [5.74, 6) is 0.395. The molecule has 124 valence electrons. The Labute approximate surface area is 145 Å². The van der Waals surface area contributed by atoms with Gasteiger partial charge in [0, 0.05) is 35.1 Å². The molecule has 0 saturated carbocycles. The van der Waals surface area contributed by atoms with Crippen LogP contribution in [0.2, 0.25) is 5.02 Å². The number of aromatic nitrogens is 1. The lowest BCUT2D eigenvalue weighted by molar-refractivity contribution is 0.219. The van der Waals surface area contributed by atoms with Gasteiger partial charge in [-0.2, -0.15) is 0 Å². The van der Waals surface area contributed by atoms with Crippen LogP contribution in [0.25, 0.3) is 0 Å². The van der Waals surface area contributed by atoms with Crippen molar-refractivity contribution in [2.45, 2.75) is 26.4 Å². The van der Waals surface area contributed by atoms with E-state index in [4.69, 9.17) is 11.6 Å². The molecule has 0 radical (unpaired) electrons. The monoisotopic (exact) mass is 353 g/mol. The van der Waals surface area contributed by atoms with Crippen LogP contribution < -0.4 is 5.32 Å². The Morgan fingerprint density at radius 2 is 2.30 bits per heavy atom. The van der Waals surface area contributed by atoms with Gasteiger partial charge in [0.2, 0.25) is 0 Å². The number of nitrogens with zero attached hydrogens (tertiary/aromatic N) is 2. The fraction of sp³-hybridized carbons (Fsp3) is 0.471. The fourth-order valence-electron chi connectivity index (χ4n) is 2.99. The molecule has 0 amide bonds. The molecule has 1 saturated heterocycles. The average Bonchev–Trinajstić information content (AvgIpc) is 3.15. The molecular formula is C17H21ClFN3S. The van der Waals surface area contributed by atoms with Crippen LogP contribution in [0.3, 0.4) is 0 Å². The normalized spacial score (nSPS) is 18.0. The molecular weight excluding hydrogens is 333 g/mol. The zero-order valence-electron chi connectivity index (χ0n) is 13.2. The second-order valence-electron chi connectivity index (χ2n) is 6.13. The number of benzene rings is 1. The van der Waals surface area contributed by atoms with Crippen LogP contribution in [0.5, 0.6) is 0 Å². The largest absolute Gasteiger partial charge is 0.316 e. The van der Waals surface area contributed by atoms with Gasteiger partial charge >= 0.3 is 0 Å². The van der Waals surface area contributed by atoms with Crippen molar-refractivity contribution in [3.8, 4) is 0 Å². The number of nitrogens with one attached hydrogen (secondary N) is 1. The molecule has 1 fully saturated rings. The summed E-state index contributed by atoms with van der Waals surface area (Å²) in [6, 6.07) is 4.94. The highest BCUT2D eigenvalue weighted by Crippen LogP contribution is 2.22. The Morgan fingerprint density at radius 1 is 1.43 bits per heavy atom. The lowest BCUT2D eigenvalue weighted by Crippen LogP contribution is -2.30. The summed E-state index contributed by atoms with van der Waals surface area (Å²) in [4.78, 5) is 7.90. The van der Waals surface area contributed by atoms with E-state index in [-0.39, 0.29) is 5.82 Å². The maximum atomic E-state index is 14.1. The number of halogens is 2. The SMILES string of the molecule is Cc1ncsc1CN(Cc1ccc(Cl)cc1F)CC1CCNC1. The molecule has 1 unspecified atom stereocenters. The second-order valence-corrected chi connectivity index (χ2v) is 7.50. The molecule has 0 aliphatic carbocycles. The minimum atomic E-state index is -0.229.